The zero-order valence-corrected chi connectivity index (χ0v) is 17.7. The zero-order valence-electron chi connectivity index (χ0n) is 17.7. The Morgan fingerprint density at radius 2 is 2.07 bits per heavy atom. The van der Waals surface area contributed by atoms with E-state index in [1.165, 1.54) is 0 Å². The molecule has 1 fully saturated rings. The van der Waals surface area contributed by atoms with Crippen LogP contribution in [-0.4, -0.2) is 59.8 Å². The number of carbonyl (C=O) groups excluding carboxylic acids is 2. The second kappa shape index (κ2) is 8.36. The van der Waals surface area contributed by atoms with Gasteiger partial charge in [0.1, 0.15) is 5.69 Å². The zero-order chi connectivity index (χ0) is 21.3. The molecular weight excluding hydrogens is 378 g/mol. The van der Waals surface area contributed by atoms with E-state index in [1.54, 1.807) is 19.3 Å². The molecule has 2 aromatic heterocycles. The van der Waals surface area contributed by atoms with Gasteiger partial charge in [-0.1, -0.05) is 13.0 Å². The van der Waals surface area contributed by atoms with E-state index >= 15 is 0 Å². The molecule has 1 aliphatic carbocycles. The summed E-state index contributed by atoms with van der Waals surface area (Å²) in [5.74, 6) is 0.0337. The molecule has 2 aromatic rings. The van der Waals surface area contributed by atoms with Crippen LogP contribution in [0, 0.1) is 0 Å². The van der Waals surface area contributed by atoms with Crippen LogP contribution in [0.15, 0.2) is 36.2 Å². The van der Waals surface area contributed by atoms with Gasteiger partial charge in [-0.3, -0.25) is 19.5 Å². The Morgan fingerprint density at radius 1 is 1.27 bits per heavy atom. The molecule has 0 unspecified atom stereocenters. The van der Waals surface area contributed by atoms with Crippen molar-refractivity contribution in [2.75, 3.05) is 32.1 Å². The number of likely N-dealkylation sites (N-methyl/N-ethyl adjacent to an activating group) is 1. The molecule has 1 amide bonds. The van der Waals surface area contributed by atoms with Crippen molar-refractivity contribution >= 4 is 23.5 Å². The van der Waals surface area contributed by atoms with Crippen molar-refractivity contribution in [1.82, 2.24) is 20.2 Å². The number of nitrogens with zero attached hydrogens (tertiary/aromatic N) is 4. The van der Waals surface area contributed by atoms with E-state index in [-0.39, 0.29) is 11.7 Å². The Morgan fingerprint density at radius 3 is 2.73 bits per heavy atom. The van der Waals surface area contributed by atoms with E-state index in [4.69, 9.17) is 0 Å². The van der Waals surface area contributed by atoms with Crippen LogP contribution < -0.4 is 10.2 Å². The van der Waals surface area contributed by atoms with E-state index in [0.717, 1.165) is 54.1 Å². The summed E-state index contributed by atoms with van der Waals surface area (Å²) in [5, 5.41) is 2.58. The topological polar surface area (TPSA) is 78.4 Å². The van der Waals surface area contributed by atoms with Crippen molar-refractivity contribution in [3.8, 4) is 0 Å². The molecule has 0 saturated carbocycles. The van der Waals surface area contributed by atoms with Crippen LogP contribution in [0.2, 0.25) is 0 Å². The normalized spacial score (nSPS) is 16.5. The van der Waals surface area contributed by atoms with Crippen molar-refractivity contribution in [3.05, 3.63) is 58.7 Å². The number of hydrogen-bond donors (Lipinski definition) is 1. The third-order valence-corrected chi connectivity index (χ3v) is 5.97. The number of allylic oxidation sites excluding steroid dienone is 1. The fourth-order valence-electron chi connectivity index (χ4n) is 4.00. The molecule has 1 N–H and O–H groups in total. The van der Waals surface area contributed by atoms with Gasteiger partial charge in [-0.25, -0.2) is 4.98 Å². The summed E-state index contributed by atoms with van der Waals surface area (Å²) in [7, 11) is 3.66. The fraction of sp³-hybridized carbons (Fsp3) is 0.391. The highest BCUT2D eigenvalue weighted by atomic mass is 16.1. The van der Waals surface area contributed by atoms with Crippen molar-refractivity contribution in [1.29, 1.82) is 0 Å². The van der Waals surface area contributed by atoms with Gasteiger partial charge >= 0.3 is 0 Å². The van der Waals surface area contributed by atoms with Crippen LogP contribution in [0.1, 0.15) is 40.7 Å². The maximum absolute atomic E-state index is 12.2. The van der Waals surface area contributed by atoms with Crippen LogP contribution in [0.5, 0.6) is 0 Å². The number of nitrogens with one attached hydrogen (secondary N) is 1. The van der Waals surface area contributed by atoms with Gasteiger partial charge in [0.2, 0.25) is 0 Å². The molecule has 30 heavy (non-hydrogen) atoms. The summed E-state index contributed by atoms with van der Waals surface area (Å²) >= 11 is 0. The van der Waals surface area contributed by atoms with Crippen LogP contribution in [-0.2, 0) is 17.8 Å². The predicted molar refractivity (Wildman–Crippen MR) is 116 cm³/mol. The SMILES string of the molecule is CCC1=Cc2ncc(CN3CC(N(C)c4ccc(C(=O)NC)nc4)C3)cc2CC1=O. The molecule has 7 heteroatoms. The Bertz CT molecular complexity index is 993. The molecule has 3 heterocycles. The minimum absolute atomic E-state index is 0.180. The van der Waals surface area contributed by atoms with Crippen molar-refractivity contribution in [3.63, 3.8) is 0 Å². The monoisotopic (exact) mass is 405 g/mol. The summed E-state index contributed by atoms with van der Waals surface area (Å²) in [6.45, 7) is 4.73. The molecule has 7 nitrogen and oxygen atoms in total. The van der Waals surface area contributed by atoms with Gasteiger partial charge in [0.25, 0.3) is 5.91 Å². The van der Waals surface area contributed by atoms with Gasteiger partial charge in [-0.2, -0.15) is 0 Å². The minimum Gasteiger partial charge on any atom is -0.368 e. The number of carbonyl (C=O) groups is 2. The first-order valence-corrected chi connectivity index (χ1v) is 10.3. The van der Waals surface area contributed by atoms with E-state index in [9.17, 15) is 9.59 Å². The number of amides is 1. The lowest BCUT2D eigenvalue weighted by atomic mass is 9.92. The highest BCUT2D eigenvalue weighted by Gasteiger charge is 2.30. The van der Waals surface area contributed by atoms with Gasteiger partial charge in [0.05, 0.1) is 23.6 Å². The number of anilines is 1. The number of likely N-dealkylation sites (tertiary alicyclic amines) is 1. The number of ketones is 1. The summed E-state index contributed by atoms with van der Waals surface area (Å²) in [4.78, 5) is 37.2. The molecule has 156 valence electrons. The van der Waals surface area contributed by atoms with Crippen LogP contribution in [0.25, 0.3) is 6.08 Å². The lowest BCUT2D eigenvalue weighted by molar-refractivity contribution is -0.115. The van der Waals surface area contributed by atoms with Crippen LogP contribution >= 0.6 is 0 Å². The molecular formula is C23H27N5O2. The maximum atomic E-state index is 12.2. The second-order valence-electron chi connectivity index (χ2n) is 7.95. The third-order valence-electron chi connectivity index (χ3n) is 5.97. The van der Waals surface area contributed by atoms with Gasteiger partial charge in [-0.05, 0) is 41.3 Å². The van der Waals surface area contributed by atoms with Gasteiger partial charge in [0, 0.05) is 46.3 Å². The molecule has 4 rings (SSSR count). The van der Waals surface area contributed by atoms with Gasteiger partial charge in [-0.15, -0.1) is 0 Å². The minimum atomic E-state index is -0.180. The highest BCUT2D eigenvalue weighted by Crippen LogP contribution is 2.25. The van der Waals surface area contributed by atoms with Crippen LogP contribution in [0.3, 0.4) is 0 Å². The summed E-state index contributed by atoms with van der Waals surface area (Å²) < 4.78 is 0. The number of aromatic nitrogens is 2. The highest BCUT2D eigenvalue weighted by molar-refractivity contribution is 6.03. The first-order valence-electron chi connectivity index (χ1n) is 10.3. The van der Waals surface area contributed by atoms with E-state index in [1.807, 2.05) is 25.3 Å². The lowest BCUT2D eigenvalue weighted by Crippen LogP contribution is -2.58. The third kappa shape index (κ3) is 3.98. The predicted octanol–water partition coefficient (Wildman–Crippen LogP) is 2.08. The van der Waals surface area contributed by atoms with Crippen LogP contribution in [0.4, 0.5) is 5.69 Å². The summed E-state index contributed by atoms with van der Waals surface area (Å²) in [5.41, 5.74) is 5.40. The van der Waals surface area contributed by atoms with Crippen molar-refractivity contribution in [2.24, 2.45) is 0 Å². The number of rotatable bonds is 6. The molecule has 0 bridgehead atoms. The molecule has 0 atom stereocenters. The maximum Gasteiger partial charge on any atom is 0.269 e. The molecule has 0 spiro atoms. The molecule has 0 radical (unpaired) electrons. The van der Waals surface area contributed by atoms with E-state index < -0.39 is 0 Å². The molecule has 0 aromatic carbocycles. The first kappa shape index (κ1) is 20.2. The van der Waals surface area contributed by atoms with Crippen molar-refractivity contribution < 1.29 is 9.59 Å². The van der Waals surface area contributed by atoms with E-state index in [2.05, 4.69) is 38.2 Å². The Balaban J connectivity index is 1.34. The number of Topliss-reactive ketones (excluding diaryl/α,β-unsaturated/α-hetero) is 1. The number of hydrogen-bond acceptors (Lipinski definition) is 6. The fourth-order valence-corrected chi connectivity index (χ4v) is 4.00. The summed E-state index contributed by atoms with van der Waals surface area (Å²) in [6.07, 6.45) is 6.82. The Hall–Kier alpha value is -3.06. The Labute approximate surface area is 176 Å². The average molecular weight is 406 g/mol. The first-order chi connectivity index (χ1) is 14.5. The van der Waals surface area contributed by atoms with Gasteiger partial charge in [0.15, 0.2) is 5.78 Å². The largest absolute Gasteiger partial charge is 0.368 e. The number of pyridine rings is 2. The molecule has 1 saturated heterocycles. The second-order valence-corrected chi connectivity index (χ2v) is 7.95. The summed E-state index contributed by atoms with van der Waals surface area (Å²) in [6, 6.07) is 6.21. The molecule has 1 aliphatic heterocycles. The standard InChI is InChI=1S/C23H27N5O2/c1-4-16-8-21-17(9-22(16)29)7-15(10-25-21)12-28-13-19(14-28)27(3)18-5-6-20(26-11-18)23(30)24-2/h5-8,10-11,19H,4,9,12-14H2,1-3H3,(H,24,30). The van der Waals surface area contributed by atoms with E-state index in [0.29, 0.717) is 18.2 Å². The van der Waals surface area contributed by atoms with Gasteiger partial charge < -0.3 is 10.2 Å². The lowest BCUT2D eigenvalue weighted by Gasteiger charge is -2.45. The molecule has 2 aliphatic rings. The smallest absolute Gasteiger partial charge is 0.269 e. The number of fused-ring (bicyclic) bond motifs is 1. The van der Waals surface area contributed by atoms with Crippen molar-refractivity contribution in [2.45, 2.75) is 32.4 Å². The average Bonchev–Trinajstić information content (AvgIpc) is 2.74. The Kier molecular flexibility index (Phi) is 5.63. The quantitative estimate of drug-likeness (QED) is 0.793.